The third-order valence-electron chi connectivity index (χ3n) is 2.43. The molecule has 0 spiro atoms. The van der Waals surface area contributed by atoms with Crippen LogP contribution in [0.3, 0.4) is 0 Å². The van der Waals surface area contributed by atoms with Crippen LogP contribution in [-0.2, 0) is 4.79 Å². The molecule has 1 aromatic rings. The fourth-order valence-corrected chi connectivity index (χ4v) is 1.64. The van der Waals surface area contributed by atoms with E-state index in [9.17, 15) is 9.59 Å². The van der Waals surface area contributed by atoms with Crippen LogP contribution < -0.4 is 11.1 Å². The normalized spacial score (nSPS) is 10.4. The van der Waals surface area contributed by atoms with Crippen LogP contribution >= 0.6 is 12.4 Å². The van der Waals surface area contributed by atoms with Gasteiger partial charge >= 0.3 is 0 Å². The number of amides is 2. The van der Waals surface area contributed by atoms with Crippen molar-refractivity contribution in [1.29, 1.82) is 0 Å². The van der Waals surface area contributed by atoms with Gasteiger partial charge in [0, 0.05) is 18.3 Å². The summed E-state index contributed by atoms with van der Waals surface area (Å²) in [7, 11) is 1.58. The molecule has 0 fully saturated rings. The Bertz CT molecular complexity index is 484. The van der Waals surface area contributed by atoms with E-state index in [0.717, 1.165) is 0 Å². The fourth-order valence-electron chi connectivity index (χ4n) is 1.64. The number of nitrogens with one attached hydrogen (secondary N) is 1. The van der Waals surface area contributed by atoms with Crippen LogP contribution in [-0.4, -0.2) is 35.8 Å². The zero-order valence-corrected chi connectivity index (χ0v) is 13.1. The number of nitrogen functional groups attached to an aromatic ring is 1. The average Bonchev–Trinajstić information content (AvgIpc) is 2.26. The molecule has 0 aromatic heterocycles. The van der Waals surface area contributed by atoms with Gasteiger partial charge in [0.2, 0.25) is 5.91 Å². The van der Waals surface area contributed by atoms with E-state index in [4.69, 9.17) is 5.73 Å². The van der Waals surface area contributed by atoms with Crippen LogP contribution in [0, 0.1) is 0 Å². The molecular weight excluding hydrogens is 278 g/mol. The molecule has 0 saturated heterocycles. The lowest BCUT2D eigenvalue weighted by molar-refractivity contribution is -0.122. The number of hydrogen-bond acceptors (Lipinski definition) is 3. The minimum absolute atomic E-state index is 0. The Morgan fingerprint density at radius 2 is 1.80 bits per heavy atom. The Kier molecular flexibility index (Phi) is 6.52. The Hall–Kier alpha value is -1.75. The second-order valence-corrected chi connectivity index (χ2v) is 5.55. The highest BCUT2D eigenvalue weighted by atomic mass is 35.5. The first-order chi connectivity index (χ1) is 8.70. The van der Waals surface area contributed by atoms with Gasteiger partial charge in [-0.25, -0.2) is 0 Å². The summed E-state index contributed by atoms with van der Waals surface area (Å²) in [5.41, 5.74) is 6.25. The predicted molar refractivity (Wildman–Crippen MR) is 83.0 cm³/mol. The van der Waals surface area contributed by atoms with Crippen LogP contribution in [0.5, 0.6) is 0 Å². The van der Waals surface area contributed by atoms with Crippen LogP contribution in [0.15, 0.2) is 24.3 Å². The summed E-state index contributed by atoms with van der Waals surface area (Å²) in [6.07, 6.45) is 0. The molecule has 5 nitrogen and oxygen atoms in total. The lowest BCUT2D eigenvalue weighted by atomic mass is 10.1. The number of carbonyl (C=O) groups excluding carboxylic acids is 2. The topological polar surface area (TPSA) is 75.4 Å². The maximum absolute atomic E-state index is 12.1. The minimum atomic E-state index is -0.313. The molecule has 0 aliphatic heterocycles. The van der Waals surface area contributed by atoms with Gasteiger partial charge < -0.3 is 16.0 Å². The molecule has 0 radical (unpaired) electrons. The van der Waals surface area contributed by atoms with Crippen molar-refractivity contribution in [2.45, 2.75) is 26.3 Å². The number of rotatable bonds is 3. The third-order valence-corrected chi connectivity index (χ3v) is 2.43. The highest BCUT2D eigenvalue weighted by Crippen LogP contribution is 2.12. The molecule has 20 heavy (non-hydrogen) atoms. The number of carbonyl (C=O) groups is 2. The number of benzene rings is 1. The molecule has 0 unspecified atom stereocenters. The first kappa shape index (κ1) is 18.2. The summed E-state index contributed by atoms with van der Waals surface area (Å²) in [5.74, 6) is -0.458. The van der Waals surface area contributed by atoms with E-state index in [1.54, 1.807) is 31.3 Å². The zero-order chi connectivity index (χ0) is 14.6. The lowest BCUT2D eigenvalue weighted by Gasteiger charge is -2.23. The maximum Gasteiger partial charge on any atom is 0.256 e. The molecule has 0 aliphatic rings. The molecule has 0 aliphatic carbocycles. The van der Waals surface area contributed by atoms with E-state index in [-0.39, 0.29) is 36.3 Å². The number of nitrogens with two attached hydrogens (primary N) is 1. The van der Waals surface area contributed by atoms with Crippen molar-refractivity contribution in [2.24, 2.45) is 0 Å². The predicted octanol–water partition coefficient (Wildman–Crippen LogP) is 1.68. The summed E-state index contributed by atoms with van der Waals surface area (Å²) in [4.78, 5) is 25.2. The number of para-hydroxylation sites is 1. The van der Waals surface area contributed by atoms with Crippen LogP contribution in [0.4, 0.5) is 5.69 Å². The monoisotopic (exact) mass is 299 g/mol. The first-order valence-electron chi connectivity index (χ1n) is 6.11. The first-order valence-corrected chi connectivity index (χ1v) is 6.11. The third kappa shape index (κ3) is 5.48. The number of nitrogens with zero attached hydrogens (tertiary/aromatic N) is 1. The highest BCUT2D eigenvalue weighted by Gasteiger charge is 2.19. The Balaban J connectivity index is 0.00000361. The Labute approximate surface area is 125 Å². The zero-order valence-electron chi connectivity index (χ0n) is 12.3. The molecule has 6 heteroatoms. The van der Waals surface area contributed by atoms with Gasteiger partial charge in [-0.2, -0.15) is 0 Å². The molecule has 2 amide bonds. The second-order valence-electron chi connectivity index (χ2n) is 5.55. The van der Waals surface area contributed by atoms with E-state index in [0.29, 0.717) is 11.3 Å². The quantitative estimate of drug-likeness (QED) is 0.834. The summed E-state index contributed by atoms with van der Waals surface area (Å²) in [6, 6.07) is 6.82. The van der Waals surface area contributed by atoms with E-state index in [1.165, 1.54) is 4.90 Å². The summed E-state index contributed by atoms with van der Waals surface area (Å²) in [5, 5.41) is 2.81. The van der Waals surface area contributed by atoms with Crippen LogP contribution in [0.2, 0.25) is 0 Å². The molecular formula is C14H22ClN3O2. The van der Waals surface area contributed by atoms with Gasteiger partial charge in [-0.05, 0) is 32.9 Å². The highest BCUT2D eigenvalue weighted by molar-refractivity contribution is 6.00. The van der Waals surface area contributed by atoms with E-state index >= 15 is 0 Å². The van der Waals surface area contributed by atoms with Crippen LogP contribution in [0.25, 0.3) is 0 Å². The van der Waals surface area contributed by atoms with Gasteiger partial charge in [0.25, 0.3) is 5.91 Å². The Morgan fingerprint density at radius 3 is 2.30 bits per heavy atom. The van der Waals surface area contributed by atoms with Gasteiger partial charge in [0.1, 0.15) is 0 Å². The molecule has 3 N–H and O–H groups in total. The van der Waals surface area contributed by atoms with Crippen LogP contribution in [0.1, 0.15) is 31.1 Å². The Morgan fingerprint density at radius 1 is 1.25 bits per heavy atom. The van der Waals surface area contributed by atoms with Crippen molar-refractivity contribution >= 4 is 29.9 Å². The molecule has 0 atom stereocenters. The van der Waals surface area contributed by atoms with Crippen molar-refractivity contribution in [3.05, 3.63) is 29.8 Å². The van der Waals surface area contributed by atoms with Crippen molar-refractivity contribution in [2.75, 3.05) is 19.3 Å². The maximum atomic E-state index is 12.1. The van der Waals surface area contributed by atoms with Crippen molar-refractivity contribution in [3.63, 3.8) is 0 Å². The smallest absolute Gasteiger partial charge is 0.256 e. The molecule has 0 bridgehead atoms. The van der Waals surface area contributed by atoms with Crippen molar-refractivity contribution in [3.8, 4) is 0 Å². The molecule has 1 rings (SSSR count). The largest absolute Gasteiger partial charge is 0.398 e. The number of halogens is 1. The van der Waals surface area contributed by atoms with Gasteiger partial charge in [0.05, 0.1) is 12.1 Å². The van der Waals surface area contributed by atoms with Crippen molar-refractivity contribution in [1.82, 2.24) is 10.2 Å². The number of anilines is 1. The van der Waals surface area contributed by atoms with Gasteiger partial charge in [0.15, 0.2) is 0 Å². The average molecular weight is 300 g/mol. The SMILES string of the molecule is CN(CC(=O)NC(C)(C)C)C(=O)c1ccccc1N.Cl. The van der Waals surface area contributed by atoms with Gasteiger partial charge in [-0.15, -0.1) is 12.4 Å². The van der Waals surface area contributed by atoms with E-state index in [2.05, 4.69) is 5.32 Å². The second kappa shape index (κ2) is 7.14. The van der Waals surface area contributed by atoms with Gasteiger partial charge in [-0.1, -0.05) is 12.1 Å². The van der Waals surface area contributed by atoms with Crippen molar-refractivity contribution < 1.29 is 9.59 Å². The summed E-state index contributed by atoms with van der Waals surface area (Å²) in [6.45, 7) is 5.68. The summed E-state index contributed by atoms with van der Waals surface area (Å²) >= 11 is 0. The standard InChI is InChI=1S/C14H21N3O2.ClH/c1-14(2,3)16-12(18)9-17(4)13(19)10-7-5-6-8-11(10)15;/h5-8H,9,15H2,1-4H3,(H,16,18);1H. The molecule has 1 aromatic carbocycles. The number of likely N-dealkylation sites (N-methyl/N-ethyl adjacent to an activating group) is 1. The minimum Gasteiger partial charge on any atom is -0.398 e. The lowest BCUT2D eigenvalue weighted by Crippen LogP contribution is -2.46. The van der Waals surface area contributed by atoms with E-state index in [1.807, 2.05) is 20.8 Å². The van der Waals surface area contributed by atoms with Gasteiger partial charge in [-0.3, -0.25) is 9.59 Å². The summed E-state index contributed by atoms with van der Waals surface area (Å²) < 4.78 is 0. The molecule has 112 valence electrons. The fraction of sp³-hybridized carbons (Fsp3) is 0.429. The molecule has 0 heterocycles. The number of hydrogen-bond donors (Lipinski definition) is 2. The van der Waals surface area contributed by atoms with E-state index < -0.39 is 0 Å². The molecule has 0 saturated carbocycles.